The number of nitrogens with zero attached hydrogens (tertiary/aromatic N) is 2. The number of amides is 1. The van der Waals surface area contributed by atoms with Crippen molar-refractivity contribution in [3.63, 3.8) is 0 Å². The number of carbonyl (C=O) groups excluding carboxylic acids is 1. The third-order valence-electron chi connectivity index (χ3n) is 1.66. The molecular weight excluding hydrogens is 168 g/mol. The number of hydrogen-bond donors (Lipinski definition) is 2. The third-order valence-corrected chi connectivity index (χ3v) is 1.66. The van der Waals surface area contributed by atoms with Crippen LogP contribution in [0.15, 0.2) is 6.20 Å². The molecule has 4 N–H and O–H groups in total. The van der Waals surface area contributed by atoms with Crippen LogP contribution in [-0.4, -0.2) is 15.9 Å². The van der Waals surface area contributed by atoms with Crippen LogP contribution < -0.4 is 11.5 Å². The maximum Gasteiger partial charge on any atom is 0.217 e. The number of hydrogen-bond acceptors (Lipinski definition) is 4. The lowest BCUT2D eigenvalue weighted by Gasteiger charge is -2.02. The minimum atomic E-state index is -0.347. The predicted octanol–water partition coefficient (Wildman–Crippen LogP) is -0.215. The normalized spacial score (nSPS) is 9.92. The molecule has 0 aromatic carbocycles. The highest BCUT2D eigenvalue weighted by Crippen LogP contribution is 2.08. The second kappa shape index (κ2) is 3.84. The van der Waals surface area contributed by atoms with Crippen molar-refractivity contribution < 1.29 is 4.79 Å². The van der Waals surface area contributed by atoms with Crippen molar-refractivity contribution >= 4 is 11.7 Å². The van der Waals surface area contributed by atoms with Crippen molar-refractivity contribution in [2.75, 3.05) is 5.73 Å². The number of primary amides is 1. The Morgan fingerprint density at radius 3 is 2.85 bits per heavy atom. The Bertz CT molecular complexity index is 324. The molecule has 1 amide bonds. The molecule has 0 unspecified atom stereocenters. The minimum absolute atomic E-state index is 0.274. The van der Waals surface area contributed by atoms with Crippen LogP contribution in [0.2, 0.25) is 0 Å². The van der Waals surface area contributed by atoms with Gasteiger partial charge in [0, 0.05) is 18.2 Å². The van der Waals surface area contributed by atoms with Gasteiger partial charge in [-0.05, 0) is 13.3 Å². The van der Waals surface area contributed by atoms with E-state index in [-0.39, 0.29) is 12.3 Å². The van der Waals surface area contributed by atoms with Crippen LogP contribution in [0.25, 0.3) is 0 Å². The number of nitrogen functional groups attached to an aromatic ring is 1. The van der Waals surface area contributed by atoms with E-state index in [2.05, 4.69) is 9.97 Å². The van der Waals surface area contributed by atoms with Gasteiger partial charge in [-0.25, -0.2) is 9.97 Å². The average molecular weight is 180 g/mol. The third kappa shape index (κ3) is 2.70. The largest absolute Gasteiger partial charge is 0.383 e. The molecule has 0 aliphatic rings. The van der Waals surface area contributed by atoms with Gasteiger partial charge in [0.1, 0.15) is 11.6 Å². The molecule has 70 valence electrons. The van der Waals surface area contributed by atoms with Crippen molar-refractivity contribution in [2.24, 2.45) is 5.73 Å². The fourth-order valence-electron chi connectivity index (χ4n) is 0.963. The summed E-state index contributed by atoms with van der Waals surface area (Å²) in [6.45, 7) is 1.76. The number of anilines is 1. The van der Waals surface area contributed by atoms with Crippen LogP contribution in [0.5, 0.6) is 0 Å². The molecule has 0 saturated carbocycles. The summed E-state index contributed by atoms with van der Waals surface area (Å²) in [4.78, 5) is 18.4. The Balaban J connectivity index is 2.72. The minimum Gasteiger partial charge on any atom is -0.383 e. The van der Waals surface area contributed by atoms with Crippen molar-refractivity contribution in [3.8, 4) is 0 Å². The first kappa shape index (κ1) is 9.44. The molecule has 0 atom stereocenters. The summed E-state index contributed by atoms with van der Waals surface area (Å²) in [7, 11) is 0. The molecule has 0 spiro atoms. The van der Waals surface area contributed by atoms with Gasteiger partial charge >= 0.3 is 0 Å². The molecule has 1 heterocycles. The van der Waals surface area contributed by atoms with Gasteiger partial charge in [0.15, 0.2) is 0 Å². The first-order valence-corrected chi connectivity index (χ1v) is 3.96. The first-order valence-electron chi connectivity index (χ1n) is 3.96. The molecule has 0 bridgehead atoms. The van der Waals surface area contributed by atoms with Crippen molar-refractivity contribution in [1.82, 2.24) is 9.97 Å². The first-order chi connectivity index (χ1) is 6.09. The second-order valence-corrected chi connectivity index (χ2v) is 2.79. The van der Waals surface area contributed by atoms with Gasteiger partial charge in [-0.3, -0.25) is 4.79 Å². The van der Waals surface area contributed by atoms with Crippen molar-refractivity contribution in [1.29, 1.82) is 0 Å². The van der Waals surface area contributed by atoms with Crippen LogP contribution in [0, 0.1) is 6.92 Å². The van der Waals surface area contributed by atoms with Gasteiger partial charge in [0.25, 0.3) is 0 Å². The summed E-state index contributed by atoms with van der Waals surface area (Å²) in [6.07, 6.45) is 2.40. The Morgan fingerprint density at radius 2 is 2.31 bits per heavy atom. The van der Waals surface area contributed by atoms with E-state index in [1.807, 2.05) is 0 Å². The molecule has 1 aromatic rings. The summed E-state index contributed by atoms with van der Waals surface area (Å²) in [5, 5.41) is 0. The zero-order chi connectivity index (χ0) is 9.84. The van der Waals surface area contributed by atoms with Crippen LogP contribution >= 0.6 is 0 Å². The molecule has 1 aromatic heterocycles. The van der Waals surface area contributed by atoms with Gasteiger partial charge in [-0.1, -0.05) is 0 Å². The van der Waals surface area contributed by atoms with Gasteiger partial charge in [0.2, 0.25) is 5.91 Å². The molecule has 5 heteroatoms. The zero-order valence-corrected chi connectivity index (χ0v) is 7.45. The molecule has 1 rings (SSSR count). The van der Waals surface area contributed by atoms with Gasteiger partial charge in [-0.15, -0.1) is 0 Å². The molecule has 0 radical (unpaired) electrons. The summed E-state index contributed by atoms with van der Waals surface area (Å²) in [5.74, 6) is 0.703. The van der Waals surface area contributed by atoms with Crippen LogP contribution in [-0.2, 0) is 11.2 Å². The SMILES string of the molecule is Cc1ncc(CCC(N)=O)c(N)n1. The van der Waals surface area contributed by atoms with Gasteiger partial charge in [-0.2, -0.15) is 0 Å². The van der Waals surface area contributed by atoms with E-state index < -0.39 is 0 Å². The summed E-state index contributed by atoms with van der Waals surface area (Å²) in [6, 6.07) is 0. The Kier molecular flexibility index (Phi) is 2.79. The molecule has 13 heavy (non-hydrogen) atoms. The molecule has 0 aliphatic heterocycles. The molecule has 0 fully saturated rings. The highest BCUT2D eigenvalue weighted by Gasteiger charge is 2.03. The fraction of sp³-hybridized carbons (Fsp3) is 0.375. The van der Waals surface area contributed by atoms with E-state index in [9.17, 15) is 4.79 Å². The predicted molar refractivity (Wildman–Crippen MR) is 48.7 cm³/mol. The van der Waals surface area contributed by atoms with E-state index in [4.69, 9.17) is 11.5 Å². The van der Waals surface area contributed by atoms with Gasteiger partial charge < -0.3 is 11.5 Å². The summed E-state index contributed by atoms with van der Waals surface area (Å²) in [5.41, 5.74) is 11.4. The second-order valence-electron chi connectivity index (χ2n) is 2.79. The van der Waals surface area contributed by atoms with Gasteiger partial charge in [0.05, 0.1) is 0 Å². The zero-order valence-electron chi connectivity index (χ0n) is 7.45. The lowest BCUT2D eigenvalue weighted by Crippen LogP contribution is -2.12. The molecule has 0 saturated heterocycles. The van der Waals surface area contributed by atoms with E-state index in [1.54, 1.807) is 13.1 Å². The smallest absolute Gasteiger partial charge is 0.217 e. The molecule has 5 nitrogen and oxygen atoms in total. The van der Waals surface area contributed by atoms with Crippen LogP contribution in [0.4, 0.5) is 5.82 Å². The number of carbonyl (C=O) groups is 1. The lowest BCUT2D eigenvalue weighted by molar-refractivity contribution is -0.117. The highest BCUT2D eigenvalue weighted by molar-refractivity contribution is 5.74. The average Bonchev–Trinajstić information content (AvgIpc) is 2.02. The maximum atomic E-state index is 10.5. The van der Waals surface area contributed by atoms with E-state index in [0.29, 0.717) is 18.1 Å². The number of rotatable bonds is 3. The monoisotopic (exact) mass is 180 g/mol. The summed E-state index contributed by atoms with van der Waals surface area (Å²) >= 11 is 0. The van der Waals surface area contributed by atoms with E-state index >= 15 is 0 Å². The quantitative estimate of drug-likeness (QED) is 0.672. The fourth-order valence-corrected chi connectivity index (χ4v) is 0.963. The Hall–Kier alpha value is -1.65. The van der Waals surface area contributed by atoms with Crippen LogP contribution in [0.3, 0.4) is 0 Å². The molecule has 0 aliphatic carbocycles. The lowest BCUT2D eigenvalue weighted by atomic mass is 10.1. The van der Waals surface area contributed by atoms with Crippen molar-refractivity contribution in [2.45, 2.75) is 19.8 Å². The van der Waals surface area contributed by atoms with Crippen LogP contribution in [0.1, 0.15) is 17.8 Å². The molecular formula is C8H12N4O. The Labute approximate surface area is 76.2 Å². The number of nitrogens with two attached hydrogens (primary N) is 2. The summed E-state index contributed by atoms with van der Waals surface area (Å²) < 4.78 is 0. The number of aryl methyl sites for hydroxylation is 2. The topological polar surface area (TPSA) is 94.9 Å². The standard InChI is InChI=1S/C8H12N4O/c1-5-11-4-6(8(10)12-5)2-3-7(9)13/h4H,2-3H2,1H3,(H2,9,13)(H2,10,11,12). The van der Waals surface area contributed by atoms with E-state index in [1.165, 1.54) is 0 Å². The highest BCUT2D eigenvalue weighted by atomic mass is 16.1. The Morgan fingerprint density at radius 1 is 1.62 bits per heavy atom. The van der Waals surface area contributed by atoms with Crippen molar-refractivity contribution in [3.05, 3.63) is 17.6 Å². The van der Waals surface area contributed by atoms with E-state index in [0.717, 1.165) is 5.56 Å². The number of aromatic nitrogens is 2. The maximum absolute atomic E-state index is 10.5.